The van der Waals surface area contributed by atoms with E-state index < -0.39 is 5.41 Å². The first-order valence-electron chi connectivity index (χ1n) is 7.42. The monoisotopic (exact) mass is 278 g/mol. The van der Waals surface area contributed by atoms with Gasteiger partial charge in [0.1, 0.15) is 6.10 Å². The van der Waals surface area contributed by atoms with E-state index in [1.165, 1.54) is 0 Å². The van der Waals surface area contributed by atoms with Crippen molar-refractivity contribution in [2.75, 3.05) is 13.7 Å². The van der Waals surface area contributed by atoms with Crippen molar-refractivity contribution >= 4 is 11.8 Å². The quantitative estimate of drug-likeness (QED) is 0.725. The number of rotatable bonds is 2. The smallest absolute Gasteiger partial charge is 0.312 e. The second-order valence-corrected chi connectivity index (χ2v) is 6.67. The van der Waals surface area contributed by atoms with Crippen LogP contribution in [0.25, 0.3) is 0 Å². The number of carbonyl (C=O) groups is 2. The van der Waals surface area contributed by atoms with Crippen molar-refractivity contribution in [2.45, 2.75) is 32.8 Å². The van der Waals surface area contributed by atoms with E-state index in [4.69, 9.17) is 9.47 Å². The van der Waals surface area contributed by atoms with Crippen LogP contribution in [0.2, 0.25) is 0 Å². The van der Waals surface area contributed by atoms with Gasteiger partial charge in [-0.25, -0.2) is 0 Å². The van der Waals surface area contributed by atoms with Gasteiger partial charge < -0.3 is 9.47 Å². The third-order valence-electron chi connectivity index (χ3n) is 5.64. The maximum Gasteiger partial charge on any atom is 0.312 e. The zero-order valence-corrected chi connectivity index (χ0v) is 12.3. The number of esters is 1. The number of hydrogen-bond donors (Lipinski definition) is 0. The van der Waals surface area contributed by atoms with E-state index in [0.29, 0.717) is 12.5 Å². The molecule has 2 fully saturated rings. The molecule has 110 valence electrons. The molecule has 0 spiro atoms. The van der Waals surface area contributed by atoms with Crippen LogP contribution >= 0.6 is 0 Å². The fourth-order valence-corrected chi connectivity index (χ4v) is 4.46. The minimum absolute atomic E-state index is 0.101. The lowest BCUT2D eigenvalue weighted by Crippen LogP contribution is -2.45. The standard InChI is InChI=1S/C16H22O4/c1-9-4-5-10-11(8-19-3)15(18)20-14(10)16(2)12(9)6-7-13(16)17/h6-7,9-12,14H,4-5,8H2,1-3H3/t9-,10+,11+,12+,14-,16+/m1/s1. The number of hydrogen-bond acceptors (Lipinski definition) is 4. The molecule has 1 heterocycles. The summed E-state index contributed by atoms with van der Waals surface area (Å²) in [5, 5.41) is 0. The normalized spacial score (nSPS) is 46.9. The van der Waals surface area contributed by atoms with Gasteiger partial charge in [0.05, 0.1) is 17.9 Å². The van der Waals surface area contributed by atoms with Crippen LogP contribution in [-0.2, 0) is 19.1 Å². The Balaban J connectivity index is 1.99. The molecular weight excluding hydrogens is 256 g/mol. The molecule has 1 aliphatic heterocycles. The van der Waals surface area contributed by atoms with Gasteiger partial charge in [-0.1, -0.05) is 13.0 Å². The highest BCUT2D eigenvalue weighted by atomic mass is 16.6. The van der Waals surface area contributed by atoms with Crippen LogP contribution in [0.5, 0.6) is 0 Å². The van der Waals surface area contributed by atoms with Gasteiger partial charge in [-0.3, -0.25) is 9.59 Å². The molecule has 3 rings (SSSR count). The maximum atomic E-state index is 12.4. The van der Waals surface area contributed by atoms with Gasteiger partial charge in [0, 0.05) is 13.0 Å². The van der Waals surface area contributed by atoms with Crippen LogP contribution in [0.15, 0.2) is 12.2 Å². The van der Waals surface area contributed by atoms with E-state index in [1.54, 1.807) is 13.2 Å². The number of allylic oxidation sites excluding steroid dienone is 2. The lowest BCUT2D eigenvalue weighted by molar-refractivity contribution is -0.153. The van der Waals surface area contributed by atoms with Crippen LogP contribution in [0.1, 0.15) is 26.7 Å². The Kier molecular flexibility index (Phi) is 3.24. The average Bonchev–Trinajstić information content (AvgIpc) is 2.85. The molecule has 1 saturated heterocycles. The molecule has 0 unspecified atom stereocenters. The van der Waals surface area contributed by atoms with E-state index in [-0.39, 0.29) is 35.6 Å². The lowest BCUT2D eigenvalue weighted by atomic mass is 9.67. The number of ether oxygens (including phenoxy) is 2. The molecule has 4 nitrogen and oxygen atoms in total. The van der Waals surface area contributed by atoms with Gasteiger partial charge in [-0.15, -0.1) is 0 Å². The summed E-state index contributed by atoms with van der Waals surface area (Å²) in [5.41, 5.74) is -0.585. The molecule has 0 bridgehead atoms. The van der Waals surface area contributed by atoms with Gasteiger partial charge in [-0.05, 0) is 37.7 Å². The van der Waals surface area contributed by atoms with Crippen LogP contribution in [0.4, 0.5) is 0 Å². The first-order valence-corrected chi connectivity index (χ1v) is 7.42. The van der Waals surface area contributed by atoms with Crippen LogP contribution < -0.4 is 0 Å². The number of carbonyl (C=O) groups excluding carboxylic acids is 2. The number of ketones is 1. The van der Waals surface area contributed by atoms with Crippen molar-refractivity contribution in [3.05, 3.63) is 12.2 Å². The summed E-state index contributed by atoms with van der Waals surface area (Å²) in [6, 6.07) is 0. The molecule has 6 atom stereocenters. The lowest BCUT2D eigenvalue weighted by Gasteiger charge is -2.36. The SMILES string of the molecule is COC[C@@H]1C(=O)O[C@@H]2[C@H]1CC[C@@H](C)[C@@H]1C=CC(=O)[C@@]21C. The molecule has 0 N–H and O–H groups in total. The average molecular weight is 278 g/mol. The Morgan fingerprint density at radius 2 is 2.15 bits per heavy atom. The molecule has 0 radical (unpaired) electrons. The predicted molar refractivity (Wildman–Crippen MR) is 72.9 cm³/mol. The molecule has 4 heteroatoms. The Bertz CT molecular complexity index is 469. The molecule has 0 aromatic heterocycles. The largest absolute Gasteiger partial charge is 0.461 e. The predicted octanol–water partition coefficient (Wildman–Crippen LogP) is 1.98. The molecule has 1 saturated carbocycles. The zero-order valence-electron chi connectivity index (χ0n) is 12.3. The minimum Gasteiger partial charge on any atom is -0.461 e. The van der Waals surface area contributed by atoms with Gasteiger partial charge in [0.2, 0.25) is 0 Å². The summed E-state index contributed by atoms with van der Waals surface area (Å²) in [7, 11) is 1.60. The fourth-order valence-electron chi connectivity index (χ4n) is 4.46. The van der Waals surface area contributed by atoms with Gasteiger partial charge in [-0.2, -0.15) is 0 Å². The highest BCUT2D eigenvalue weighted by Crippen LogP contribution is 2.54. The minimum atomic E-state index is -0.585. The van der Waals surface area contributed by atoms with Gasteiger partial charge >= 0.3 is 5.97 Å². The topological polar surface area (TPSA) is 52.6 Å². The van der Waals surface area contributed by atoms with Crippen molar-refractivity contribution in [3.63, 3.8) is 0 Å². The van der Waals surface area contributed by atoms with E-state index in [9.17, 15) is 9.59 Å². The van der Waals surface area contributed by atoms with Crippen molar-refractivity contribution in [2.24, 2.45) is 29.1 Å². The Morgan fingerprint density at radius 3 is 2.85 bits per heavy atom. The zero-order chi connectivity index (χ0) is 14.5. The second-order valence-electron chi connectivity index (χ2n) is 6.67. The fraction of sp³-hybridized carbons (Fsp3) is 0.750. The first-order chi connectivity index (χ1) is 9.50. The van der Waals surface area contributed by atoms with Crippen LogP contribution in [0.3, 0.4) is 0 Å². The van der Waals surface area contributed by atoms with Gasteiger partial charge in [0.25, 0.3) is 0 Å². The number of methoxy groups -OCH3 is 1. The summed E-state index contributed by atoms with van der Waals surface area (Å²) in [6.07, 6.45) is 5.36. The van der Waals surface area contributed by atoms with Crippen LogP contribution in [0, 0.1) is 29.1 Å². The van der Waals surface area contributed by atoms with Crippen LogP contribution in [-0.4, -0.2) is 31.6 Å². The molecule has 20 heavy (non-hydrogen) atoms. The highest BCUT2D eigenvalue weighted by molar-refractivity contribution is 5.98. The number of fused-ring (bicyclic) bond motifs is 3. The summed E-state index contributed by atoms with van der Waals surface area (Å²) in [6.45, 7) is 4.55. The third kappa shape index (κ3) is 1.70. The molecular formula is C16H22O4. The van der Waals surface area contributed by atoms with Gasteiger partial charge in [0.15, 0.2) is 5.78 Å². The second kappa shape index (κ2) is 4.69. The third-order valence-corrected chi connectivity index (χ3v) is 5.64. The highest BCUT2D eigenvalue weighted by Gasteiger charge is 2.61. The molecule has 0 aromatic rings. The van der Waals surface area contributed by atoms with E-state index in [2.05, 4.69) is 6.92 Å². The molecule has 0 amide bonds. The van der Waals surface area contributed by atoms with Crippen molar-refractivity contribution in [1.29, 1.82) is 0 Å². The van der Waals surface area contributed by atoms with Crippen molar-refractivity contribution in [1.82, 2.24) is 0 Å². The Morgan fingerprint density at radius 1 is 1.40 bits per heavy atom. The summed E-state index contributed by atoms with van der Waals surface area (Å²) < 4.78 is 10.8. The summed E-state index contributed by atoms with van der Waals surface area (Å²) >= 11 is 0. The Hall–Kier alpha value is -1.16. The van der Waals surface area contributed by atoms with Crippen molar-refractivity contribution in [3.8, 4) is 0 Å². The summed E-state index contributed by atoms with van der Waals surface area (Å²) in [5.74, 6) is 0.410. The first kappa shape index (κ1) is 13.8. The molecule has 0 aromatic carbocycles. The van der Waals surface area contributed by atoms with E-state index in [0.717, 1.165) is 12.8 Å². The summed E-state index contributed by atoms with van der Waals surface area (Å²) in [4.78, 5) is 24.6. The maximum absolute atomic E-state index is 12.4. The molecule has 3 aliphatic rings. The molecule has 2 aliphatic carbocycles. The van der Waals surface area contributed by atoms with E-state index >= 15 is 0 Å². The van der Waals surface area contributed by atoms with E-state index in [1.807, 2.05) is 13.0 Å². The Labute approximate surface area is 119 Å². The van der Waals surface area contributed by atoms with Crippen molar-refractivity contribution < 1.29 is 19.1 Å².